The Bertz CT molecular complexity index is 806. The molecule has 0 radical (unpaired) electrons. The van der Waals surface area contributed by atoms with E-state index in [-0.39, 0.29) is 18.2 Å². The molecule has 1 aliphatic rings. The maximum Gasteiger partial charge on any atom is 0.226 e. The van der Waals surface area contributed by atoms with Gasteiger partial charge in [0.05, 0.1) is 30.8 Å². The molecule has 1 aromatic heterocycles. The number of pyridine rings is 1. The van der Waals surface area contributed by atoms with Gasteiger partial charge >= 0.3 is 0 Å². The predicted molar refractivity (Wildman–Crippen MR) is 104 cm³/mol. The first kappa shape index (κ1) is 19.0. The molecule has 1 N–H and O–H groups in total. The molecule has 0 spiro atoms. The van der Waals surface area contributed by atoms with Gasteiger partial charge in [0.2, 0.25) is 11.8 Å². The molecule has 1 amide bonds. The lowest BCUT2D eigenvalue weighted by Crippen LogP contribution is -2.29. The van der Waals surface area contributed by atoms with Gasteiger partial charge in [-0.15, -0.1) is 0 Å². The molecular formula is C21H25N3O3. The van der Waals surface area contributed by atoms with Crippen LogP contribution in [0.4, 0.5) is 0 Å². The summed E-state index contributed by atoms with van der Waals surface area (Å²) in [7, 11) is 1.63. The van der Waals surface area contributed by atoms with E-state index in [0.717, 1.165) is 16.8 Å². The number of nitrogens with zero attached hydrogens (tertiary/aromatic N) is 2. The van der Waals surface area contributed by atoms with Crippen LogP contribution in [0.2, 0.25) is 0 Å². The Kier molecular flexibility index (Phi) is 6.54. The molecule has 27 heavy (non-hydrogen) atoms. The first-order valence-corrected chi connectivity index (χ1v) is 9.13. The monoisotopic (exact) mass is 367 g/mol. The second-order valence-corrected chi connectivity index (χ2v) is 6.59. The van der Waals surface area contributed by atoms with Crippen LogP contribution < -0.4 is 5.32 Å². The number of hydrogen-bond donors (Lipinski definition) is 1. The molecule has 3 rings (SSSR count). The second kappa shape index (κ2) is 9.28. The van der Waals surface area contributed by atoms with Crippen molar-refractivity contribution in [1.82, 2.24) is 10.3 Å². The summed E-state index contributed by atoms with van der Waals surface area (Å²) in [5, 5.41) is 2.99. The molecule has 142 valence electrons. The molecule has 6 nitrogen and oxygen atoms in total. The molecule has 1 aromatic carbocycles. The van der Waals surface area contributed by atoms with Crippen molar-refractivity contribution in [3.63, 3.8) is 0 Å². The Balaban J connectivity index is 1.51. The van der Waals surface area contributed by atoms with E-state index in [4.69, 9.17) is 9.47 Å². The van der Waals surface area contributed by atoms with Gasteiger partial charge in [-0.3, -0.25) is 9.78 Å². The second-order valence-electron chi connectivity index (χ2n) is 6.59. The number of aromatic nitrogens is 1. The van der Waals surface area contributed by atoms with Crippen LogP contribution in [0.5, 0.6) is 0 Å². The molecule has 2 aromatic rings. The number of aliphatic imine (C=N–C) groups is 1. The fourth-order valence-electron chi connectivity index (χ4n) is 2.95. The summed E-state index contributed by atoms with van der Waals surface area (Å²) in [5.41, 5.74) is 3.89. The standard InChI is InChI=1S/C21H25N3O3/c1-15(16-6-4-3-5-7-16)12-23-20(25)11-18-10-17-13-24-21(19(17)14-22-18)27-9-8-26-2/h3-7,10,14-15H,8-9,11-13H2,1-2H3,(H,23,25)/t15-/m0/s1. The Morgan fingerprint density at radius 3 is 2.85 bits per heavy atom. The van der Waals surface area contributed by atoms with Gasteiger partial charge in [-0.1, -0.05) is 37.3 Å². The minimum absolute atomic E-state index is 0.0271. The van der Waals surface area contributed by atoms with Gasteiger partial charge in [0.1, 0.15) is 6.61 Å². The normalized spacial score (nSPS) is 13.6. The summed E-state index contributed by atoms with van der Waals surface area (Å²) in [6.45, 7) is 4.24. The summed E-state index contributed by atoms with van der Waals surface area (Å²) >= 11 is 0. The van der Waals surface area contributed by atoms with Gasteiger partial charge in [0.25, 0.3) is 0 Å². The van der Waals surface area contributed by atoms with Gasteiger partial charge in [0.15, 0.2) is 0 Å². The van der Waals surface area contributed by atoms with Crippen molar-refractivity contribution in [1.29, 1.82) is 0 Å². The van der Waals surface area contributed by atoms with Crippen molar-refractivity contribution in [2.24, 2.45) is 4.99 Å². The molecule has 0 saturated heterocycles. The first-order chi connectivity index (χ1) is 13.2. The maximum absolute atomic E-state index is 12.3. The van der Waals surface area contributed by atoms with Crippen LogP contribution in [-0.4, -0.2) is 43.7 Å². The van der Waals surface area contributed by atoms with Crippen LogP contribution in [0, 0.1) is 0 Å². The average molecular weight is 367 g/mol. The molecule has 6 heteroatoms. The third-order valence-corrected chi connectivity index (χ3v) is 4.51. The zero-order valence-corrected chi connectivity index (χ0v) is 15.8. The molecule has 1 aliphatic heterocycles. The van der Waals surface area contributed by atoms with E-state index < -0.39 is 0 Å². The van der Waals surface area contributed by atoms with E-state index in [1.54, 1.807) is 13.3 Å². The molecule has 1 atom stereocenters. The lowest BCUT2D eigenvalue weighted by atomic mass is 10.0. The Morgan fingerprint density at radius 1 is 1.26 bits per heavy atom. The van der Waals surface area contributed by atoms with Gasteiger partial charge < -0.3 is 14.8 Å². The summed E-state index contributed by atoms with van der Waals surface area (Å²) in [5.74, 6) is 0.839. The summed E-state index contributed by atoms with van der Waals surface area (Å²) in [6.07, 6.45) is 2.00. The number of methoxy groups -OCH3 is 1. The van der Waals surface area contributed by atoms with Gasteiger partial charge in [-0.05, 0) is 23.1 Å². The van der Waals surface area contributed by atoms with E-state index in [1.165, 1.54) is 5.56 Å². The smallest absolute Gasteiger partial charge is 0.226 e. The molecule has 0 saturated carbocycles. The number of rotatable bonds is 8. The van der Waals surface area contributed by atoms with Crippen molar-refractivity contribution in [2.45, 2.75) is 25.8 Å². The van der Waals surface area contributed by atoms with Crippen LogP contribution in [0.1, 0.15) is 35.2 Å². The van der Waals surface area contributed by atoms with Crippen LogP contribution in [0.15, 0.2) is 47.6 Å². The fourth-order valence-corrected chi connectivity index (χ4v) is 2.95. The fraction of sp³-hybridized carbons (Fsp3) is 0.381. The highest BCUT2D eigenvalue weighted by molar-refractivity contribution is 5.97. The highest BCUT2D eigenvalue weighted by atomic mass is 16.5. The molecule has 0 unspecified atom stereocenters. The number of hydrogen-bond acceptors (Lipinski definition) is 5. The van der Waals surface area contributed by atoms with Gasteiger partial charge in [-0.25, -0.2) is 4.99 Å². The largest absolute Gasteiger partial charge is 0.475 e. The Hall–Kier alpha value is -2.73. The summed E-state index contributed by atoms with van der Waals surface area (Å²) in [4.78, 5) is 21.1. The van der Waals surface area contributed by atoms with E-state index in [1.807, 2.05) is 24.3 Å². The number of amides is 1. The summed E-state index contributed by atoms with van der Waals surface area (Å²) < 4.78 is 10.6. The zero-order valence-electron chi connectivity index (χ0n) is 15.8. The Labute approximate surface area is 159 Å². The van der Waals surface area contributed by atoms with Crippen molar-refractivity contribution in [3.05, 3.63) is 65.0 Å². The molecule has 0 aliphatic carbocycles. The van der Waals surface area contributed by atoms with Crippen LogP contribution in [0.25, 0.3) is 0 Å². The van der Waals surface area contributed by atoms with Crippen molar-refractivity contribution in [2.75, 3.05) is 26.9 Å². The maximum atomic E-state index is 12.3. The van der Waals surface area contributed by atoms with E-state index in [0.29, 0.717) is 32.2 Å². The number of benzene rings is 1. The first-order valence-electron chi connectivity index (χ1n) is 9.13. The number of carbonyl (C=O) groups excluding carboxylic acids is 1. The SMILES string of the molecule is COCCOC1=NCc2cc(CC(=O)NC[C@H](C)c3ccccc3)ncc21. The number of fused-ring (bicyclic) bond motifs is 1. The lowest BCUT2D eigenvalue weighted by molar-refractivity contribution is -0.120. The third kappa shape index (κ3) is 5.14. The third-order valence-electron chi connectivity index (χ3n) is 4.51. The molecule has 2 heterocycles. The molecular weight excluding hydrogens is 342 g/mol. The average Bonchev–Trinajstić information content (AvgIpc) is 3.09. The van der Waals surface area contributed by atoms with Crippen LogP contribution in [0.3, 0.4) is 0 Å². The number of ether oxygens (including phenoxy) is 2. The van der Waals surface area contributed by atoms with E-state index >= 15 is 0 Å². The van der Waals surface area contributed by atoms with Crippen molar-refractivity contribution < 1.29 is 14.3 Å². The van der Waals surface area contributed by atoms with Gasteiger partial charge in [0, 0.05) is 19.9 Å². The molecule has 0 bridgehead atoms. The highest BCUT2D eigenvalue weighted by Gasteiger charge is 2.19. The zero-order chi connectivity index (χ0) is 19.1. The lowest BCUT2D eigenvalue weighted by Gasteiger charge is -2.13. The number of nitrogens with one attached hydrogen (secondary N) is 1. The highest BCUT2D eigenvalue weighted by Crippen LogP contribution is 2.20. The Morgan fingerprint density at radius 2 is 2.07 bits per heavy atom. The van der Waals surface area contributed by atoms with Crippen LogP contribution in [-0.2, 0) is 27.2 Å². The number of carbonyl (C=O) groups is 1. The minimum atomic E-state index is -0.0271. The van der Waals surface area contributed by atoms with Gasteiger partial charge in [-0.2, -0.15) is 0 Å². The quantitative estimate of drug-likeness (QED) is 0.728. The van der Waals surface area contributed by atoms with E-state index in [2.05, 4.69) is 34.3 Å². The minimum Gasteiger partial charge on any atom is -0.475 e. The predicted octanol–water partition coefficient (Wildman–Crippen LogP) is 2.47. The topological polar surface area (TPSA) is 72.8 Å². The van der Waals surface area contributed by atoms with Crippen molar-refractivity contribution >= 4 is 11.8 Å². The molecule has 0 fully saturated rings. The van der Waals surface area contributed by atoms with E-state index in [9.17, 15) is 4.79 Å². The van der Waals surface area contributed by atoms with Crippen molar-refractivity contribution in [3.8, 4) is 0 Å². The van der Waals surface area contributed by atoms with Crippen LogP contribution >= 0.6 is 0 Å². The summed E-state index contributed by atoms with van der Waals surface area (Å²) in [6, 6.07) is 12.1.